The quantitative estimate of drug-likeness (QED) is 0.538. The van der Waals surface area contributed by atoms with Crippen molar-refractivity contribution in [3.63, 3.8) is 0 Å². The van der Waals surface area contributed by atoms with Gasteiger partial charge in [-0.1, -0.05) is 38.5 Å². The van der Waals surface area contributed by atoms with Gasteiger partial charge in [-0.2, -0.15) is 22.6 Å². The third kappa shape index (κ3) is 5.38. The minimum absolute atomic E-state index is 0.0771. The van der Waals surface area contributed by atoms with E-state index in [1.54, 1.807) is 22.6 Å². The fourth-order valence-electron chi connectivity index (χ4n) is 5.94. The summed E-state index contributed by atoms with van der Waals surface area (Å²) >= 11 is 0. The number of hydrogen-bond donors (Lipinski definition) is 0. The lowest BCUT2D eigenvalue weighted by Crippen LogP contribution is -2.45. The first-order valence-electron chi connectivity index (χ1n) is 13.0. The molecule has 2 fully saturated rings. The van der Waals surface area contributed by atoms with E-state index in [1.807, 2.05) is 18.2 Å². The number of nitrogens with zero attached hydrogens (tertiary/aromatic N) is 4. The van der Waals surface area contributed by atoms with E-state index in [0.717, 1.165) is 47.3 Å². The van der Waals surface area contributed by atoms with Gasteiger partial charge in [0.25, 0.3) is 0 Å². The molecule has 0 N–H and O–H groups in total. The standard InChI is InChI=1S/C27H35F3N4O2S/c1-26(2,3)20-6-8-21(9-7-20)37(35,36)33-13-10-19-14-25-22(15-31-34(25)18-27(28,29)30)24(23(19)17-33)16-32-11-4-5-12-32/h6-9,14-15,23-24H,4-5,10-13,16-18H2,1-3H3/t23?,24-/m1/s1. The molecule has 0 bridgehead atoms. The topological polar surface area (TPSA) is 58.4 Å². The zero-order valence-corrected chi connectivity index (χ0v) is 22.4. The van der Waals surface area contributed by atoms with Crippen LogP contribution in [0, 0.1) is 5.92 Å². The molecule has 3 heterocycles. The summed E-state index contributed by atoms with van der Waals surface area (Å²) in [6.45, 7) is 8.37. The number of alkyl halides is 3. The first-order valence-corrected chi connectivity index (χ1v) is 14.4. The molecule has 2 aliphatic heterocycles. The molecule has 0 radical (unpaired) electrons. The molecule has 202 valence electrons. The molecule has 2 saturated heterocycles. The molecule has 0 saturated carbocycles. The van der Waals surface area contributed by atoms with Crippen LogP contribution in [0.1, 0.15) is 62.8 Å². The smallest absolute Gasteiger partial charge is 0.303 e. The maximum absolute atomic E-state index is 13.6. The monoisotopic (exact) mass is 536 g/mol. The summed E-state index contributed by atoms with van der Waals surface area (Å²) < 4.78 is 69.5. The van der Waals surface area contributed by atoms with Gasteiger partial charge in [-0.15, -0.1) is 0 Å². The first-order chi connectivity index (χ1) is 17.3. The lowest BCUT2D eigenvalue weighted by Gasteiger charge is -2.41. The Kier molecular flexibility index (Phi) is 6.82. The maximum atomic E-state index is 13.6. The van der Waals surface area contributed by atoms with Gasteiger partial charge in [0.05, 0.1) is 16.8 Å². The van der Waals surface area contributed by atoms with Crippen molar-refractivity contribution in [3.05, 3.63) is 52.9 Å². The van der Waals surface area contributed by atoms with E-state index >= 15 is 0 Å². The highest BCUT2D eigenvalue weighted by Crippen LogP contribution is 2.44. The van der Waals surface area contributed by atoms with Crippen molar-refractivity contribution in [3.8, 4) is 0 Å². The van der Waals surface area contributed by atoms with E-state index in [9.17, 15) is 21.6 Å². The van der Waals surface area contributed by atoms with Crippen LogP contribution in [0.3, 0.4) is 0 Å². The van der Waals surface area contributed by atoms with E-state index in [0.29, 0.717) is 31.7 Å². The van der Waals surface area contributed by atoms with Crippen LogP contribution in [0.15, 0.2) is 40.9 Å². The molecule has 1 aliphatic carbocycles. The van der Waals surface area contributed by atoms with Gasteiger partial charge in [0, 0.05) is 37.0 Å². The molecular formula is C27H35F3N4O2S. The van der Waals surface area contributed by atoms with Gasteiger partial charge in [0.2, 0.25) is 10.0 Å². The van der Waals surface area contributed by atoms with Crippen LogP contribution in [-0.2, 0) is 22.0 Å². The SMILES string of the molecule is CC(C)(C)c1ccc(S(=O)(=O)N2CCC3=Cc4c(cnn4CC(F)(F)F)[C@@H](CN4CCCC4)C3C2)cc1. The van der Waals surface area contributed by atoms with Crippen molar-refractivity contribution in [2.75, 3.05) is 32.7 Å². The fraction of sp³-hybridized carbons (Fsp3) is 0.593. The minimum atomic E-state index is -4.36. The predicted octanol–water partition coefficient (Wildman–Crippen LogP) is 5.03. The second-order valence-corrected chi connectivity index (χ2v) is 13.5. The zero-order chi connectivity index (χ0) is 26.6. The molecule has 5 rings (SSSR count). The largest absolute Gasteiger partial charge is 0.408 e. The first kappa shape index (κ1) is 26.4. The van der Waals surface area contributed by atoms with E-state index in [2.05, 4.69) is 30.8 Å². The number of hydrogen-bond acceptors (Lipinski definition) is 4. The molecule has 6 nitrogen and oxygen atoms in total. The predicted molar refractivity (Wildman–Crippen MR) is 137 cm³/mol. The zero-order valence-electron chi connectivity index (χ0n) is 21.6. The molecular weight excluding hydrogens is 501 g/mol. The van der Waals surface area contributed by atoms with Crippen molar-refractivity contribution < 1.29 is 21.6 Å². The molecule has 0 amide bonds. The van der Waals surface area contributed by atoms with Crippen LogP contribution in [-0.4, -0.2) is 66.3 Å². The highest BCUT2D eigenvalue weighted by Gasteiger charge is 2.42. The van der Waals surface area contributed by atoms with Crippen LogP contribution < -0.4 is 0 Å². The Bertz CT molecular complexity index is 1270. The van der Waals surface area contributed by atoms with Crippen LogP contribution in [0.4, 0.5) is 13.2 Å². The number of rotatable bonds is 5. The molecule has 0 spiro atoms. The van der Waals surface area contributed by atoms with Crippen molar-refractivity contribution in [2.45, 2.75) is 69.0 Å². The molecule has 2 atom stereocenters. The lowest BCUT2D eigenvalue weighted by molar-refractivity contribution is -0.142. The number of halogens is 3. The molecule has 1 aromatic heterocycles. The number of piperidine rings is 1. The van der Waals surface area contributed by atoms with Crippen LogP contribution >= 0.6 is 0 Å². The molecule has 1 aromatic carbocycles. The highest BCUT2D eigenvalue weighted by atomic mass is 32.2. The third-order valence-electron chi connectivity index (χ3n) is 7.98. The van der Waals surface area contributed by atoms with Crippen molar-refractivity contribution >= 4 is 16.1 Å². The Morgan fingerprint density at radius 3 is 2.32 bits per heavy atom. The van der Waals surface area contributed by atoms with Gasteiger partial charge in [-0.25, -0.2) is 8.42 Å². The number of sulfonamides is 1. The Balaban J connectivity index is 1.45. The summed E-state index contributed by atoms with van der Waals surface area (Å²) in [7, 11) is -3.70. The van der Waals surface area contributed by atoms with Gasteiger partial charge in [-0.3, -0.25) is 4.68 Å². The summed E-state index contributed by atoms with van der Waals surface area (Å²) in [4.78, 5) is 2.62. The second-order valence-electron chi connectivity index (χ2n) is 11.6. The summed E-state index contributed by atoms with van der Waals surface area (Å²) in [6, 6.07) is 7.12. The average Bonchev–Trinajstić information content (AvgIpc) is 3.47. The Hall–Kier alpha value is -2.17. The van der Waals surface area contributed by atoms with Gasteiger partial charge in [-0.05, 0) is 61.5 Å². The summed E-state index contributed by atoms with van der Waals surface area (Å²) in [6.07, 6.45) is 1.74. The number of aromatic nitrogens is 2. The molecule has 10 heteroatoms. The van der Waals surface area contributed by atoms with E-state index < -0.39 is 22.7 Å². The van der Waals surface area contributed by atoms with Crippen LogP contribution in [0.25, 0.3) is 6.08 Å². The van der Waals surface area contributed by atoms with Crippen molar-refractivity contribution in [2.24, 2.45) is 5.92 Å². The van der Waals surface area contributed by atoms with Gasteiger partial charge in [0.1, 0.15) is 6.54 Å². The lowest BCUT2D eigenvalue weighted by atomic mass is 9.74. The Morgan fingerprint density at radius 2 is 1.70 bits per heavy atom. The normalized spacial score (nSPS) is 23.6. The summed E-state index contributed by atoms with van der Waals surface area (Å²) in [5, 5.41) is 4.11. The third-order valence-corrected chi connectivity index (χ3v) is 9.86. The Labute approximate surface area is 217 Å². The van der Waals surface area contributed by atoms with E-state index in [1.165, 1.54) is 0 Å². The van der Waals surface area contributed by atoms with Gasteiger partial charge < -0.3 is 4.90 Å². The second kappa shape index (κ2) is 9.54. The van der Waals surface area contributed by atoms with E-state index in [-0.39, 0.29) is 22.1 Å². The fourth-order valence-corrected chi connectivity index (χ4v) is 7.40. The number of likely N-dealkylation sites (tertiary alicyclic amines) is 1. The summed E-state index contributed by atoms with van der Waals surface area (Å²) in [5.41, 5.74) is 3.32. The highest BCUT2D eigenvalue weighted by molar-refractivity contribution is 7.89. The van der Waals surface area contributed by atoms with Gasteiger partial charge >= 0.3 is 6.18 Å². The number of fused-ring (bicyclic) bond motifs is 2. The molecule has 2 aromatic rings. The summed E-state index contributed by atoms with van der Waals surface area (Å²) in [5.74, 6) is -0.189. The van der Waals surface area contributed by atoms with Crippen LogP contribution in [0.5, 0.6) is 0 Å². The van der Waals surface area contributed by atoms with Crippen LogP contribution in [0.2, 0.25) is 0 Å². The van der Waals surface area contributed by atoms with Gasteiger partial charge in [0.15, 0.2) is 0 Å². The molecule has 1 unspecified atom stereocenters. The van der Waals surface area contributed by atoms with E-state index in [4.69, 9.17) is 0 Å². The molecule has 3 aliphatic rings. The van der Waals surface area contributed by atoms with Crippen molar-refractivity contribution in [1.82, 2.24) is 19.0 Å². The molecule has 37 heavy (non-hydrogen) atoms. The number of benzene rings is 1. The Morgan fingerprint density at radius 1 is 1.03 bits per heavy atom. The minimum Gasteiger partial charge on any atom is -0.303 e. The maximum Gasteiger partial charge on any atom is 0.408 e. The van der Waals surface area contributed by atoms with Crippen molar-refractivity contribution in [1.29, 1.82) is 0 Å². The average molecular weight is 537 g/mol.